The van der Waals surface area contributed by atoms with E-state index in [1.807, 2.05) is 0 Å². The van der Waals surface area contributed by atoms with E-state index in [2.05, 4.69) is 29.9 Å². The average Bonchev–Trinajstić information content (AvgIpc) is 2.69. The molecule has 2 heterocycles. The summed E-state index contributed by atoms with van der Waals surface area (Å²) in [4.78, 5) is 19.7. The van der Waals surface area contributed by atoms with Gasteiger partial charge in [-0.15, -0.1) is 0 Å². The van der Waals surface area contributed by atoms with E-state index in [0.717, 1.165) is 5.16 Å². The third-order valence-electron chi connectivity index (χ3n) is 1.77. The molecule has 0 radical (unpaired) electrons. The molecule has 8 heteroatoms. The Labute approximate surface area is 95.5 Å². The highest BCUT2D eigenvalue weighted by Crippen LogP contribution is 2.19. The number of nitrogens with two attached hydrogens (primary N) is 1. The summed E-state index contributed by atoms with van der Waals surface area (Å²) >= 11 is 1.48. The first-order valence-electron chi connectivity index (χ1n) is 4.45. The van der Waals surface area contributed by atoms with Gasteiger partial charge < -0.3 is 15.6 Å². The van der Waals surface area contributed by atoms with E-state index in [1.165, 1.54) is 25.2 Å². The Balaban J connectivity index is 2.14. The van der Waals surface area contributed by atoms with Crippen molar-refractivity contribution in [3.8, 4) is 0 Å². The fourth-order valence-electron chi connectivity index (χ4n) is 1.11. The summed E-state index contributed by atoms with van der Waals surface area (Å²) in [6, 6.07) is 0. The zero-order valence-electron chi connectivity index (χ0n) is 8.54. The van der Waals surface area contributed by atoms with Crippen LogP contribution in [0.2, 0.25) is 0 Å². The van der Waals surface area contributed by atoms with E-state index in [-0.39, 0.29) is 0 Å². The molecule has 16 heavy (non-hydrogen) atoms. The van der Waals surface area contributed by atoms with E-state index in [4.69, 9.17) is 5.73 Å². The third kappa shape index (κ3) is 2.22. The van der Waals surface area contributed by atoms with Crippen molar-refractivity contribution in [1.82, 2.24) is 19.9 Å². The number of thioether (sulfide) groups is 1. The van der Waals surface area contributed by atoms with Gasteiger partial charge in [0.1, 0.15) is 19.0 Å². The number of nitrogens with one attached hydrogen (secondary N) is 1. The summed E-state index contributed by atoms with van der Waals surface area (Å²) in [5, 5.41) is 4.34. The second-order valence-corrected chi connectivity index (χ2v) is 3.79. The molecule has 0 saturated carbocycles. The molecule has 7 nitrogen and oxygen atoms in total. The van der Waals surface area contributed by atoms with Gasteiger partial charge in [-0.05, 0) is 0 Å². The van der Waals surface area contributed by atoms with Crippen molar-refractivity contribution < 1.29 is 4.84 Å². The maximum atomic E-state index is 5.67. The van der Waals surface area contributed by atoms with E-state index in [1.54, 1.807) is 6.21 Å². The lowest BCUT2D eigenvalue weighted by Crippen LogP contribution is -1.91. The van der Waals surface area contributed by atoms with Gasteiger partial charge in [0.2, 0.25) is 0 Å². The predicted octanol–water partition coefficient (Wildman–Crippen LogP) is 0.659. The third-order valence-corrected chi connectivity index (χ3v) is 2.55. The molecule has 0 unspecified atom stereocenters. The van der Waals surface area contributed by atoms with Gasteiger partial charge in [-0.3, -0.25) is 0 Å². The lowest BCUT2D eigenvalue weighted by molar-refractivity contribution is 0.215. The van der Waals surface area contributed by atoms with Crippen LogP contribution >= 0.6 is 11.8 Å². The normalized spacial score (nSPS) is 11.3. The van der Waals surface area contributed by atoms with Gasteiger partial charge in [-0.2, -0.15) is 0 Å². The Bertz CT molecular complexity index is 510. The summed E-state index contributed by atoms with van der Waals surface area (Å²) in [7, 11) is 1.50. The first-order chi connectivity index (χ1) is 7.81. The Morgan fingerprint density at radius 3 is 3.25 bits per heavy atom. The number of oxime groups is 1. The molecule has 0 fully saturated rings. The predicted molar refractivity (Wildman–Crippen MR) is 62.3 cm³/mol. The van der Waals surface area contributed by atoms with Gasteiger partial charge in [0, 0.05) is 5.75 Å². The monoisotopic (exact) mass is 238 g/mol. The first-order valence-corrected chi connectivity index (χ1v) is 5.44. The lowest BCUT2D eigenvalue weighted by atomic mass is 10.5. The smallest absolute Gasteiger partial charge is 0.183 e. The molecular formula is C8H10N6OS. The highest BCUT2D eigenvalue weighted by molar-refractivity contribution is 7.99. The van der Waals surface area contributed by atoms with Crippen molar-refractivity contribution in [2.75, 3.05) is 18.6 Å². The molecule has 0 aliphatic rings. The zero-order chi connectivity index (χ0) is 11.4. The van der Waals surface area contributed by atoms with Crippen LogP contribution in [0.1, 0.15) is 0 Å². The van der Waals surface area contributed by atoms with Gasteiger partial charge in [-0.25, -0.2) is 15.0 Å². The second-order valence-electron chi connectivity index (χ2n) is 2.78. The summed E-state index contributed by atoms with van der Waals surface area (Å²) in [5.41, 5.74) is 6.90. The summed E-state index contributed by atoms with van der Waals surface area (Å²) in [6.07, 6.45) is 3.03. The van der Waals surface area contributed by atoms with Gasteiger partial charge in [0.15, 0.2) is 16.6 Å². The van der Waals surface area contributed by atoms with Gasteiger partial charge in [0.25, 0.3) is 0 Å². The van der Waals surface area contributed by atoms with Crippen LogP contribution in [0.4, 0.5) is 5.82 Å². The molecule has 2 aromatic rings. The Morgan fingerprint density at radius 2 is 2.50 bits per heavy atom. The van der Waals surface area contributed by atoms with Crippen molar-refractivity contribution in [3.05, 3.63) is 6.33 Å². The Hall–Kier alpha value is -1.83. The highest BCUT2D eigenvalue weighted by Gasteiger charge is 2.06. The van der Waals surface area contributed by atoms with Gasteiger partial charge in [0.05, 0.1) is 6.21 Å². The largest absolute Gasteiger partial charge is 0.399 e. The van der Waals surface area contributed by atoms with Crippen molar-refractivity contribution in [2.45, 2.75) is 5.16 Å². The molecule has 0 saturated heterocycles. The Morgan fingerprint density at radius 1 is 1.62 bits per heavy atom. The van der Waals surface area contributed by atoms with Crippen LogP contribution in [-0.4, -0.2) is 39.0 Å². The molecule has 0 aliphatic carbocycles. The molecular weight excluding hydrogens is 228 g/mol. The number of hydrogen-bond acceptors (Lipinski definition) is 7. The van der Waals surface area contributed by atoms with Crippen molar-refractivity contribution in [3.63, 3.8) is 0 Å². The molecule has 3 N–H and O–H groups in total. The molecule has 2 rings (SSSR count). The van der Waals surface area contributed by atoms with Crippen LogP contribution in [0.15, 0.2) is 16.6 Å². The minimum atomic E-state index is 0.398. The van der Waals surface area contributed by atoms with E-state index >= 15 is 0 Å². The molecule has 0 bridgehead atoms. The van der Waals surface area contributed by atoms with Crippen LogP contribution in [0.25, 0.3) is 11.2 Å². The van der Waals surface area contributed by atoms with Gasteiger partial charge in [-0.1, -0.05) is 16.9 Å². The number of aromatic amines is 1. The van der Waals surface area contributed by atoms with E-state index < -0.39 is 0 Å². The van der Waals surface area contributed by atoms with Crippen molar-refractivity contribution in [2.24, 2.45) is 5.16 Å². The quantitative estimate of drug-likeness (QED) is 0.461. The maximum absolute atomic E-state index is 5.67. The van der Waals surface area contributed by atoms with Crippen LogP contribution < -0.4 is 5.73 Å². The summed E-state index contributed by atoms with van der Waals surface area (Å²) < 4.78 is 0. The summed E-state index contributed by atoms with van der Waals surface area (Å²) in [5.74, 6) is 1.05. The molecule has 0 amide bonds. The van der Waals surface area contributed by atoms with Crippen LogP contribution in [0.3, 0.4) is 0 Å². The minimum absolute atomic E-state index is 0.398. The lowest BCUT2D eigenvalue weighted by Gasteiger charge is -1.90. The molecule has 0 spiro atoms. The molecule has 0 aliphatic heterocycles. The van der Waals surface area contributed by atoms with Crippen LogP contribution in [-0.2, 0) is 4.84 Å². The molecule has 0 aromatic carbocycles. The number of anilines is 1. The number of hydrogen-bond donors (Lipinski definition) is 2. The van der Waals surface area contributed by atoms with Crippen LogP contribution in [0.5, 0.6) is 0 Å². The first kappa shape index (κ1) is 10.7. The van der Waals surface area contributed by atoms with E-state index in [0.29, 0.717) is 22.7 Å². The average molecular weight is 238 g/mol. The van der Waals surface area contributed by atoms with Gasteiger partial charge >= 0.3 is 0 Å². The van der Waals surface area contributed by atoms with Crippen molar-refractivity contribution in [1.29, 1.82) is 0 Å². The fourth-order valence-corrected chi connectivity index (χ4v) is 1.73. The number of aromatic nitrogens is 4. The molecule has 84 valence electrons. The summed E-state index contributed by atoms with van der Waals surface area (Å²) in [6.45, 7) is 0. The minimum Gasteiger partial charge on any atom is -0.399 e. The number of nitrogens with zero attached hydrogens (tertiary/aromatic N) is 4. The Kier molecular flexibility index (Phi) is 3.20. The second kappa shape index (κ2) is 4.79. The fraction of sp³-hybridized carbons (Fsp3) is 0.250. The topological polar surface area (TPSA) is 102 Å². The van der Waals surface area contributed by atoms with Crippen LogP contribution in [0, 0.1) is 0 Å². The number of rotatable bonds is 4. The number of fused-ring (bicyclic) bond motifs is 1. The maximum Gasteiger partial charge on any atom is 0.183 e. The molecule has 2 aromatic heterocycles. The van der Waals surface area contributed by atoms with Crippen molar-refractivity contribution >= 4 is 35.0 Å². The number of H-pyrrole nitrogens is 1. The van der Waals surface area contributed by atoms with E-state index in [9.17, 15) is 0 Å². The standard InChI is InChI=1S/C8H10N6OS/c1-15-12-2-3-16-8-13-5-6(9)10-4-11-7(5)14-8/h2,4H,3H2,1H3,(H3,9,10,11,13,14). The number of imidazole rings is 1. The zero-order valence-corrected chi connectivity index (χ0v) is 9.36. The molecule has 0 atom stereocenters. The SMILES string of the molecule is CON=CCSc1nc2ncnc(N)c2[nH]1. The highest BCUT2D eigenvalue weighted by atomic mass is 32.2. The number of nitrogen functional groups attached to an aromatic ring is 1.